The number of aliphatic hydroxyl groups excluding tert-OH is 10. The molecule has 12 N–H and O–H groups in total. The van der Waals surface area contributed by atoms with Gasteiger partial charge in [0.15, 0.2) is 12.2 Å². The van der Waals surface area contributed by atoms with E-state index < -0.39 is 87.2 Å². The lowest BCUT2D eigenvalue weighted by Gasteiger charge is -2.28. The van der Waals surface area contributed by atoms with Gasteiger partial charge in [0.2, 0.25) is 0 Å². The average Bonchev–Trinajstić information content (AvgIpc) is 3.00. The SMILES string of the molecule is O=C(O[C@H](CO)[C@H](O)[C@@H](O)[C@H](O)CO)c1ccc(O)cc1.O=C(O[C@H]([C@@H](O)[C@H](O)CO)[C@H](O)CO)c1ccc(O)cc1. The lowest BCUT2D eigenvalue weighted by atomic mass is 10.0. The minimum Gasteiger partial charge on any atom is -0.508 e. The van der Waals surface area contributed by atoms with Crippen LogP contribution in [0.2, 0.25) is 0 Å². The Morgan fingerprint density at radius 3 is 1.29 bits per heavy atom. The predicted molar refractivity (Wildman–Crippen MR) is 139 cm³/mol. The van der Waals surface area contributed by atoms with Gasteiger partial charge in [0.05, 0.1) is 37.6 Å². The van der Waals surface area contributed by atoms with Crippen LogP contribution in [0.4, 0.5) is 0 Å². The fourth-order valence-corrected chi connectivity index (χ4v) is 3.17. The lowest BCUT2D eigenvalue weighted by molar-refractivity contribution is -0.128. The fourth-order valence-electron chi connectivity index (χ4n) is 3.17. The van der Waals surface area contributed by atoms with Crippen LogP contribution in [-0.2, 0) is 9.47 Å². The van der Waals surface area contributed by atoms with Crippen LogP contribution >= 0.6 is 0 Å². The van der Waals surface area contributed by atoms with E-state index in [1.54, 1.807) is 0 Å². The Hall–Kier alpha value is -3.42. The van der Waals surface area contributed by atoms with Gasteiger partial charge in [-0.1, -0.05) is 0 Å². The zero-order chi connectivity index (χ0) is 32.0. The number of ether oxygens (including phenoxy) is 2. The zero-order valence-corrected chi connectivity index (χ0v) is 22.1. The Balaban J connectivity index is 0.000000420. The highest BCUT2D eigenvalue weighted by molar-refractivity contribution is 5.90. The number of benzene rings is 2. The highest BCUT2D eigenvalue weighted by Gasteiger charge is 2.35. The molecular formula is C26H36O16. The van der Waals surface area contributed by atoms with E-state index in [-0.39, 0.29) is 22.6 Å². The second-order valence-corrected chi connectivity index (χ2v) is 8.81. The van der Waals surface area contributed by atoms with E-state index in [0.29, 0.717) is 0 Å². The molecule has 16 nitrogen and oxygen atoms in total. The first kappa shape index (κ1) is 36.6. The molecule has 2 aromatic rings. The van der Waals surface area contributed by atoms with Gasteiger partial charge in [-0.2, -0.15) is 0 Å². The molecule has 2 rings (SSSR count). The summed E-state index contributed by atoms with van der Waals surface area (Å²) in [5.74, 6) is -1.93. The summed E-state index contributed by atoms with van der Waals surface area (Å²) in [5, 5.41) is 111. The van der Waals surface area contributed by atoms with E-state index in [1.807, 2.05) is 0 Å². The number of rotatable bonds is 14. The lowest BCUT2D eigenvalue weighted by Crippen LogP contribution is -2.49. The van der Waals surface area contributed by atoms with Crippen LogP contribution in [0.15, 0.2) is 48.5 Å². The number of hydrogen-bond donors (Lipinski definition) is 12. The van der Waals surface area contributed by atoms with E-state index in [0.717, 1.165) is 0 Å². The van der Waals surface area contributed by atoms with E-state index >= 15 is 0 Å². The molecule has 42 heavy (non-hydrogen) atoms. The molecule has 0 fully saturated rings. The van der Waals surface area contributed by atoms with Gasteiger partial charge in [-0.15, -0.1) is 0 Å². The van der Waals surface area contributed by atoms with Crippen molar-refractivity contribution in [2.75, 3.05) is 26.4 Å². The van der Waals surface area contributed by atoms with Crippen LogP contribution in [0, 0.1) is 0 Å². The first-order valence-electron chi connectivity index (χ1n) is 12.3. The van der Waals surface area contributed by atoms with Crippen molar-refractivity contribution >= 4 is 11.9 Å². The van der Waals surface area contributed by atoms with Gasteiger partial charge in [-0.25, -0.2) is 9.59 Å². The quantitative estimate of drug-likeness (QED) is 0.0914. The maximum Gasteiger partial charge on any atom is 0.338 e. The highest BCUT2D eigenvalue weighted by Crippen LogP contribution is 2.16. The van der Waals surface area contributed by atoms with Gasteiger partial charge in [0.25, 0.3) is 0 Å². The Morgan fingerprint density at radius 1 is 0.524 bits per heavy atom. The molecule has 0 aliphatic heterocycles. The molecule has 0 spiro atoms. The summed E-state index contributed by atoms with van der Waals surface area (Å²) in [5.41, 5.74) is 0.101. The number of hydrogen-bond acceptors (Lipinski definition) is 16. The topological polar surface area (TPSA) is 295 Å². The Labute approximate surface area is 239 Å². The third-order valence-corrected chi connectivity index (χ3v) is 5.68. The summed E-state index contributed by atoms with van der Waals surface area (Å²) in [6, 6.07) is 10.1. The van der Waals surface area contributed by atoms with Gasteiger partial charge in [0, 0.05) is 0 Å². The molecule has 0 heterocycles. The average molecular weight is 605 g/mol. The summed E-state index contributed by atoms with van der Waals surface area (Å²) in [6.45, 7) is -3.22. The number of carbonyl (C=O) groups is 2. The molecule has 0 radical (unpaired) electrons. The monoisotopic (exact) mass is 604 g/mol. The van der Waals surface area contributed by atoms with Gasteiger partial charge >= 0.3 is 11.9 Å². The smallest absolute Gasteiger partial charge is 0.338 e. The predicted octanol–water partition coefficient (Wildman–Crippen LogP) is -4.03. The number of aromatic hydroxyl groups is 2. The van der Waals surface area contributed by atoms with Crippen molar-refractivity contribution in [2.24, 2.45) is 0 Å². The number of carbonyl (C=O) groups excluding carboxylic acids is 2. The van der Waals surface area contributed by atoms with E-state index in [9.17, 15) is 40.2 Å². The number of phenols is 2. The van der Waals surface area contributed by atoms with Crippen LogP contribution in [0.1, 0.15) is 20.7 Å². The van der Waals surface area contributed by atoms with Crippen molar-refractivity contribution in [3.8, 4) is 11.5 Å². The normalized spacial score (nSPS) is 16.8. The molecule has 0 aliphatic carbocycles. The van der Waals surface area contributed by atoms with Gasteiger partial charge < -0.3 is 70.8 Å². The summed E-state index contributed by atoms with van der Waals surface area (Å²) in [7, 11) is 0. The number of esters is 2. The van der Waals surface area contributed by atoms with Crippen molar-refractivity contribution in [3.63, 3.8) is 0 Å². The first-order chi connectivity index (χ1) is 19.8. The van der Waals surface area contributed by atoms with Crippen LogP contribution in [0.5, 0.6) is 11.5 Å². The van der Waals surface area contributed by atoms with Crippen molar-refractivity contribution in [1.82, 2.24) is 0 Å². The highest BCUT2D eigenvalue weighted by atomic mass is 16.6. The Kier molecular flexibility index (Phi) is 15.9. The van der Waals surface area contributed by atoms with E-state index in [1.165, 1.54) is 48.5 Å². The molecule has 0 aromatic heterocycles. The third kappa shape index (κ3) is 11.1. The second-order valence-electron chi connectivity index (χ2n) is 8.81. The van der Waals surface area contributed by atoms with Crippen molar-refractivity contribution < 1.29 is 80.3 Å². The van der Waals surface area contributed by atoms with Crippen molar-refractivity contribution in [2.45, 2.75) is 48.8 Å². The van der Waals surface area contributed by atoms with Gasteiger partial charge in [0.1, 0.15) is 48.1 Å². The minimum atomic E-state index is -1.79. The Morgan fingerprint density at radius 2 is 0.905 bits per heavy atom. The van der Waals surface area contributed by atoms with Gasteiger partial charge in [-0.05, 0) is 48.5 Å². The Bertz CT molecular complexity index is 1060. The molecule has 0 bridgehead atoms. The summed E-state index contributed by atoms with van der Waals surface area (Å²) < 4.78 is 9.69. The van der Waals surface area contributed by atoms with Gasteiger partial charge in [-0.3, -0.25) is 0 Å². The summed E-state index contributed by atoms with van der Waals surface area (Å²) in [6.07, 6.45) is -13.4. The molecule has 0 saturated carbocycles. The van der Waals surface area contributed by atoms with E-state index in [4.69, 9.17) is 40.1 Å². The number of phenolic OH excluding ortho intramolecular Hbond substituents is 2. The molecule has 2 aromatic carbocycles. The van der Waals surface area contributed by atoms with Crippen LogP contribution in [0.25, 0.3) is 0 Å². The maximum absolute atomic E-state index is 11.9. The zero-order valence-electron chi connectivity index (χ0n) is 22.1. The van der Waals surface area contributed by atoms with Crippen molar-refractivity contribution in [1.29, 1.82) is 0 Å². The maximum atomic E-state index is 11.9. The van der Waals surface area contributed by atoms with Crippen LogP contribution < -0.4 is 0 Å². The molecule has 0 saturated heterocycles. The standard InChI is InChI=1S/2C13H18O8/c14-5-9(17)11(18)12(19)10(6-15)21-13(20)7-1-3-8(16)4-2-7;14-5-9(17)11(19)12(10(18)6-15)21-13(20)7-1-3-8(16)4-2-7/h2*1-4,9-12,14-19H,5-6H2/t2*9-,10-,11+,12+/m11/s1. The molecule has 0 aliphatic rings. The fraction of sp³-hybridized carbons (Fsp3) is 0.462. The number of aliphatic hydroxyl groups is 10. The minimum absolute atomic E-state index is 0.0358. The first-order valence-corrected chi connectivity index (χ1v) is 12.3. The van der Waals surface area contributed by atoms with E-state index in [2.05, 4.69) is 0 Å². The summed E-state index contributed by atoms with van der Waals surface area (Å²) in [4.78, 5) is 23.6. The largest absolute Gasteiger partial charge is 0.508 e. The molecule has 0 amide bonds. The molecule has 236 valence electrons. The van der Waals surface area contributed by atoms with Crippen LogP contribution in [-0.4, -0.2) is 148 Å². The third-order valence-electron chi connectivity index (χ3n) is 5.68. The molecule has 0 unspecified atom stereocenters. The van der Waals surface area contributed by atoms with Crippen molar-refractivity contribution in [3.05, 3.63) is 59.7 Å². The molecular weight excluding hydrogens is 568 g/mol. The second kappa shape index (κ2) is 18.2. The van der Waals surface area contributed by atoms with Crippen LogP contribution in [0.3, 0.4) is 0 Å². The summed E-state index contributed by atoms with van der Waals surface area (Å²) >= 11 is 0. The molecule has 16 heteroatoms. The molecule has 8 atom stereocenters.